The molecule has 4 rings (SSSR count). The van der Waals surface area contributed by atoms with Gasteiger partial charge < -0.3 is 10.1 Å². The lowest BCUT2D eigenvalue weighted by Gasteiger charge is -2.56. The number of ketones is 1. The number of rotatable bonds is 6. The second-order valence-corrected chi connectivity index (χ2v) is 9.92. The van der Waals surface area contributed by atoms with Gasteiger partial charge in [0.05, 0.1) is 7.11 Å². The molecule has 5 atom stereocenters. The number of hydrogen-bond donors (Lipinski definition) is 1. The first-order valence-electron chi connectivity index (χ1n) is 11.9. The fraction of sp³-hybridized carbons (Fsp3) is 0.692. The van der Waals surface area contributed by atoms with Crippen molar-refractivity contribution in [2.24, 2.45) is 23.2 Å². The van der Waals surface area contributed by atoms with Gasteiger partial charge in [0, 0.05) is 24.8 Å². The summed E-state index contributed by atoms with van der Waals surface area (Å²) in [6.07, 6.45) is 8.73. The van der Waals surface area contributed by atoms with Crippen molar-refractivity contribution < 1.29 is 14.3 Å². The van der Waals surface area contributed by atoms with Gasteiger partial charge in [-0.3, -0.25) is 9.59 Å². The zero-order valence-corrected chi connectivity index (χ0v) is 18.8. The molecule has 0 bridgehead atoms. The molecule has 30 heavy (non-hydrogen) atoms. The summed E-state index contributed by atoms with van der Waals surface area (Å²) >= 11 is 0. The minimum atomic E-state index is -0.167. The summed E-state index contributed by atoms with van der Waals surface area (Å²) in [6, 6.07) is 6.60. The number of aryl methyl sites for hydroxylation is 1. The second-order valence-electron chi connectivity index (χ2n) is 9.92. The molecular weight excluding hydrogens is 374 g/mol. The Kier molecular flexibility index (Phi) is 6.22. The van der Waals surface area contributed by atoms with Crippen molar-refractivity contribution in [1.29, 1.82) is 0 Å². The van der Waals surface area contributed by atoms with Gasteiger partial charge in [-0.15, -0.1) is 0 Å². The maximum absolute atomic E-state index is 13.1. The Morgan fingerprint density at radius 2 is 2.07 bits per heavy atom. The molecule has 3 aliphatic rings. The van der Waals surface area contributed by atoms with Crippen LogP contribution < -0.4 is 10.1 Å². The van der Waals surface area contributed by atoms with Crippen LogP contribution in [0.3, 0.4) is 0 Å². The fourth-order valence-electron chi connectivity index (χ4n) is 7.05. The number of amides is 1. The number of nitrogens with one attached hydrogen (secondary N) is 1. The van der Waals surface area contributed by atoms with E-state index >= 15 is 0 Å². The monoisotopic (exact) mass is 411 g/mol. The lowest BCUT2D eigenvalue weighted by atomic mass is 9.47. The Balaban J connectivity index is 1.56. The Labute approximate surface area is 181 Å². The molecule has 0 spiro atoms. The van der Waals surface area contributed by atoms with Crippen molar-refractivity contribution in [2.75, 3.05) is 13.7 Å². The van der Waals surface area contributed by atoms with Gasteiger partial charge in [-0.2, -0.15) is 0 Å². The van der Waals surface area contributed by atoms with Crippen molar-refractivity contribution in [3.05, 3.63) is 29.3 Å². The van der Waals surface area contributed by atoms with Crippen LogP contribution in [-0.4, -0.2) is 25.3 Å². The predicted octanol–water partition coefficient (Wildman–Crippen LogP) is 5.04. The van der Waals surface area contributed by atoms with Crippen molar-refractivity contribution in [1.82, 2.24) is 5.32 Å². The molecular formula is C26H37NO3. The van der Waals surface area contributed by atoms with Gasteiger partial charge in [0.1, 0.15) is 11.5 Å². The number of fused-ring (bicyclic) bond motifs is 5. The first-order valence-corrected chi connectivity index (χ1v) is 11.9. The molecule has 4 heteroatoms. The van der Waals surface area contributed by atoms with Crippen LogP contribution in [0.15, 0.2) is 18.2 Å². The Hall–Kier alpha value is -1.84. The van der Waals surface area contributed by atoms with Crippen molar-refractivity contribution >= 4 is 11.7 Å². The lowest BCUT2D eigenvalue weighted by Crippen LogP contribution is -2.52. The fourth-order valence-corrected chi connectivity index (χ4v) is 7.05. The Morgan fingerprint density at radius 3 is 2.83 bits per heavy atom. The molecule has 2 fully saturated rings. The predicted molar refractivity (Wildman–Crippen MR) is 119 cm³/mol. The van der Waals surface area contributed by atoms with E-state index in [1.54, 1.807) is 7.11 Å². The van der Waals surface area contributed by atoms with E-state index in [9.17, 15) is 9.59 Å². The van der Waals surface area contributed by atoms with E-state index in [2.05, 4.69) is 30.4 Å². The first kappa shape index (κ1) is 21.4. The molecule has 164 valence electrons. The minimum Gasteiger partial charge on any atom is -0.497 e. The Bertz CT molecular complexity index is 803. The van der Waals surface area contributed by atoms with E-state index in [4.69, 9.17) is 4.74 Å². The number of ether oxygens (including phenoxy) is 1. The number of methoxy groups -OCH3 is 1. The van der Waals surface area contributed by atoms with Gasteiger partial charge in [-0.1, -0.05) is 13.0 Å². The summed E-state index contributed by atoms with van der Waals surface area (Å²) in [5.41, 5.74) is 2.77. The molecule has 5 unspecified atom stereocenters. The summed E-state index contributed by atoms with van der Waals surface area (Å²) in [5, 5.41) is 2.92. The average molecular weight is 412 g/mol. The third kappa shape index (κ3) is 3.78. The number of carbonyl (C=O) groups is 2. The third-order valence-corrected chi connectivity index (χ3v) is 8.42. The van der Waals surface area contributed by atoms with Crippen molar-refractivity contribution in [2.45, 2.75) is 77.6 Å². The van der Waals surface area contributed by atoms with Gasteiger partial charge in [0.25, 0.3) is 0 Å². The van der Waals surface area contributed by atoms with E-state index in [1.807, 2.05) is 6.92 Å². The quantitative estimate of drug-likeness (QED) is 0.713. The lowest BCUT2D eigenvalue weighted by molar-refractivity contribution is -0.145. The zero-order chi connectivity index (χ0) is 21.3. The summed E-state index contributed by atoms with van der Waals surface area (Å²) in [7, 11) is 1.73. The highest BCUT2D eigenvalue weighted by Crippen LogP contribution is 2.60. The molecule has 0 aromatic heterocycles. The third-order valence-electron chi connectivity index (χ3n) is 8.42. The first-order chi connectivity index (χ1) is 14.5. The van der Waals surface area contributed by atoms with E-state index in [0.717, 1.165) is 50.7 Å². The molecule has 1 aromatic rings. The van der Waals surface area contributed by atoms with Crippen LogP contribution in [0.1, 0.15) is 82.3 Å². The molecule has 0 aliphatic heterocycles. The van der Waals surface area contributed by atoms with Crippen molar-refractivity contribution in [3.8, 4) is 5.75 Å². The van der Waals surface area contributed by atoms with Crippen LogP contribution in [0.2, 0.25) is 0 Å². The molecule has 3 aliphatic carbocycles. The van der Waals surface area contributed by atoms with Crippen LogP contribution in [-0.2, 0) is 16.0 Å². The highest BCUT2D eigenvalue weighted by Gasteiger charge is 2.55. The highest BCUT2D eigenvalue weighted by molar-refractivity contribution is 5.86. The van der Waals surface area contributed by atoms with E-state index in [0.29, 0.717) is 42.4 Å². The Morgan fingerprint density at radius 1 is 1.23 bits per heavy atom. The maximum atomic E-state index is 13.1. The minimum absolute atomic E-state index is 0.161. The topological polar surface area (TPSA) is 55.4 Å². The standard InChI is InChI=1S/C26H37NO3/c1-4-27-24(29)7-5-6-17-9-13-23(28)26(2)15-14-21-20-12-10-19(30-3)16-18(20)8-11-22(21)25(17)26/h10,12,16-17,21-22,25H,4-9,11,13-15H2,1-3H3,(H,27,29). The highest BCUT2D eigenvalue weighted by atomic mass is 16.5. The molecule has 1 N–H and O–H groups in total. The number of hydrogen-bond acceptors (Lipinski definition) is 3. The summed E-state index contributed by atoms with van der Waals surface area (Å²) < 4.78 is 5.45. The van der Waals surface area contributed by atoms with Crippen LogP contribution >= 0.6 is 0 Å². The number of benzene rings is 1. The largest absolute Gasteiger partial charge is 0.497 e. The maximum Gasteiger partial charge on any atom is 0.219 e. The molecule has 4 nitrogen and oxygen atoms in total. The molecule has 1 amide bonds. The summed E-state index contributed by atoms with van der Waals surface area (Å²) in [5.74, 6) is 3.78. The second kappa shape index (κ2) is 8.72. The average Bonchev–Trinajstić information content (AvgIpc) is 2.75. The van der Waals surface area contributed by atoms with Crippen LogP contribution in [0.25, 0.3) is 0 Å². The molecule has 0 saturated heterocycles. The zero-order valence-electron chi connectivity index (χ0n) is 18.8. The molecule has 0 radical (unpaired) electrons. The number of carbonyl (C=O) groups excluding carboxylic acids is 2. The van der Waals surface area contributed by atoms with Gasteiger partial charge in [-0.25, -0.2) is 0 Å². The van der Waals surface area contributed by atoms with Crippen molar-refractivity contribution in [3.63, 3.8) is 0 Å². The van der Waals surface area contributed by atoms with Crippen LogP contribution in [0.4, 0.5) is 0 Å². The molecule has 2 saturated carbocycles. The summed E-state index contributed by atoms with van der Waals surface area (Å²) in [4.78, 5) is 25.0. The van der Waals surface area contributed by atoms with E-state index in [1.165, 1.54) is 17.5 Å². The van der Waals surface area contributed by atoms with E-state index in [-0.39, 0.29) is 11.3 Å². The molecule has 0 heterocycles. The van der Waals surface area contributed by atoms with E-state index < -0.39 is 0 Å². The van der Waals surface area contributed by atoms with Gasteiger partial charge in [0.2, 0.25) is 5.91 Å². The van der Waals surface area contributed by atoms with Crippen LogP contribution in [0, 0.1) is 23.2 Å². The molecule has 1 aromatic carbocycles. The van der Waals surface area contributed by atoms with Gasteiger partial charge in [-0.05, 0) is 98.8 Å². The van der Waals surface area contributed by atoms with Crippen LogP contribution in [0.5, 0.6) is 5.75 Å². The normalized spacial score (nSPS) is 32.6. The SMILES string of the molecule is CCNC(=O)CCCC1CCC(=O)C2(C)CCC3c4ccc(OC)cc4CCC3C12. The number of Topliss-reactive ketones (excluding diaryl/α,β-unsaturated/α-hetero) is 1. The van der Waals surface area contributed by atoms with Gasteiger partial charge >= 0.3 is 0 Å². The smallest absolute Gasteiger partial charge is 0.219 e. The summed E-state index contributed by atoms with van der Waals surface area (Å²) in [6.45, 7) is 4.93. The van der Waals surface area contributed by atoms with Gasteiger partial charge in [0.15, 0.2) is 0 Å².